The van der Waals surface area contributed by atoms with Crippen LogP contribution in [-0.2, 0) is 4.74 Å². The van der Waals surface area contributed by atoms with Gasteiger partial charge in [-0.3, -0.25) is 14.9 Å². The van der Waals surface area contributed by atoms with Crippen molar-refractivity contribution in [3.05, 3.63) is 57.6 Å². The van der Waals surface area contributed by atoms with Crippen LogP contribution in [0.15, 0.2) is 36.4 Å². The summed E-state index contributed by atoms with van der Waals surface area (Å²) in [5.74, 6) is -1.20. The number of phenolic OH excluding ortho intramolecular Hbond substituents is 1. The second-order valence-electron chi connectivity index (χ2n) is 4.61. The summed E-state index contributed by atoms with van der Waals surface area (Å²) in [6.45, 7) is 1.91. The Kier molecular flexibility index (Phi) is 4.70. The fraction of sp³-hybridized carbons (Fsp3) is 0.125. The molecule has 7 nitrogen and oxygen atoms in total. The standard InChI is InChI=1S/C16H13NO6/c1-2-23-16(20)11-5-3-4-10(6-11)12-7-13(9-18)15(19)14(8-12)17(21)22/h3-9,19H,2H2,1H3. The third-order valence-electron chi connectivity index (χ3n) is 3.15. The van der Waals surface area contributed by atoms with E-state index in [2.05, 4.69) is 0 Å². The highest BCUT2D eigenvalue weighted by Gasteiger charge is 2.20. The van der Waals surface area contributed by atoms with Crippen LogP contribution in [-0.4, -0.2) is 28.9 Å². The Morgan fingerprint density at radius 3 is 2.65 bits per heavy atom. The van der Waals surface area contributed by atoms with Crippen molar-refractivity contribution < 1.29 is 24.4 Å². The highest BCUT2D eigenvalue weighted by atomic mass is 16.6. The van der Waals surface area contributed by atoms with Crippen LogP contribution in [0, 0.1) is 10.1 Å². The minimum Gasteiger partial charge on any atom is -0.502 e. The number of benzene rings is 2. The molecule has 0 fully saturated rings. The number of nitrogens with zero attached hydrogens (tertiary/aromatic N) is 1. The molecule has 0 saturated carbocycles. The van der Waals surface area contributed by atoms with Crippen molar-refractivity contribution in [1.29, 1.82) is 0 Å². The second-order valence-corrected chi connectivity index (χ2v) is 4.61. The summed E-state index contributed by atoms with van der Waals surface area (Å²) in [4.78, 5) is 33.0. The van der Waals surface area contributed by atoms with Crippen molar-refractivity contribution in [3.8, 4) is 16.9 Å². The maximum absolute atomic E-state index is 11.8. The summed E-state index contributed by atoms with van der Waals surface area (Å²) in [5.41, 5.74) is 0.333. The lowest BCUT2D eigenvalue weighted by molar-refractivity contribution is -0.385. The molecular weight excluding hydrogens is 302 g/mol. The Morgan fingerprint density at radius 2 is 2.04 bits per heavy atom. The molecule has 0 saturated heterocycles. The van der Waals surface area contributed by atoms with Gasteiger partial charge in [-0.15, -0.1) is 0 Å². The van der Waals surface area contributed by atoms with E-state index in [0.29, 0.717) is 17.4 Å². The lowest BCUT2D eigenvalue weighted by atomic mass is 10.00. The van der Waals surface area contributed by atoms with Crippen LogP contribution in [0.2, 0.25) is 0 Å². The average Bonchev–Trinajstić information content (AvgIpc) is 2.55. The maximum Gasteiger partial charge on any atom is 0.338 e. The fourth-order valence-corrected chi connectivity index (χ4v) is 2.08. The molecule has 7 heteroatoms. The minimum absolute atomic E-state index is 0.198. The molecule has 0 bridgehead atoms. The zero-order valence-electron chi connectivity index (χ0n) is 12.2. The van der Waals surface area contributed by atoms with Crippen molar-refractivity contribution in [1.82, 2.24) is 0 Å². The van der Waals surface area contributed by atoms with E-state index >= 15 is 0 Å². The monoisotopic (exact) mass is 315 g/mol. The smallest absolute Gasteiger partial charge is 0.338 e. The van der Waals surface area contributed by atoms with Gasteiger partial charge >= 0.3 is 11.7 Å². The largest absolute Gasteiger partial charge is 0.502 e. The molecule has 0 spiro atoms. The first-order valence-corrected chi connectivity index (χ1v) is 6.72. The molecule has 0 aliphatic heterocycles. The van der Waals surface area contributed by atoms with Gasteiger partial charge in [-0.2, -0.15) is 0 Å². The molecule has 0 aromatic heterocycles. The molecule has 0 radical (unpaired) electrons. The lowest BCUT2D eigenvalue weighted by Crippen LogP contribution is -2.04. The Hall–Kier alpha value is -3.22. The summed E-state index contributed by atoms with van der Waals surface area (Å²) in [6.07, 6.45) is 0.334. The number of nitro benzene ring substituents is 1. The Bertz CT molecular complexity index is 784. The van der Waals surface area contributed by atoms with Gasteiger partial charge in [-0.25, -0.2) is 4.79 Å². The zero-order valence-corrected chi connectivity index (χ0v) is 12.2. The number of phenols is 1. The molecule has 0 aliphatic rings. The summed E-state index contributed by atoms with van der Waals surface area (Å²) < 4.78 is 4.90. The van der Waals surface area contributed by atoms with Crippen molar-refractivity contribution in [3.63, 3.8) is 0 Å². The maximum atomic E-state index is 11.8. The van der Waals surface area contributed by atoms with E-state index in [1.54, 1.807) is 25.1 Å². The molecule has 0 atom stereocenters. The van der Waals surface area contributed by atoms with E-state index in [1.165, 1.54) is 12.1 Å². The molecule has 0 aliphatic carbocycles. The number of carbonyl (C=O) groups is 2. The first-order valence-electron chi connectivity index (χ1n) is 6.72. The SMILES string of the molecule is CCOC(=O)c1cccc(-c2cc(C=O)c(O)c([N+](=O)[O-])c2)c1. The number of hydrogen-bond donors (Lipinski definition) is 1. The van der Waals surface area contributed by atoms with Gasteiger partial charge in [0.1, 0.15) is 0 Å². The lowest BCUT2D eigenvalue weighted by Gasteiger charge is -2.07. The van der Waals surface area contributed by atoms with Gasteiger partial charge in [-0.1, -0.05) is 12.1 Å². The number of nitro groups is 1. The van der Waals surface area contributed by atoms with Crippen LogP contribution in [0.3, 0.4) is 0 Å². The Balaban J connectivity index is 2.56. The molecule has 118 valence electrons. The molecule has 2 aromatic carbocycles. The van der Waals surface area contributed by atoms with Gasteiger partial charge in [0, 0.05) is 6.07 Å². The predicted molar refractivity (Wildman–Crippen MR) is 81.5 cm³/mol. The van der Waals surface area contributed by atoms with E-state index in [4.69, 9.17) is 4.74 Å². The normalized spacial score (nSPS) is 10.1. The summed E-state index contributed by atoms with van der Waals surface area (Å²) in [5, 5.41) is 20.7. The predicted octanol–water partition coefficient (Wildman–Crippen LogP) is 2.96. The molecular formula is C16H13NO6. The molecule has 1 N–H and O–H groups in total. The van der Waals surface area contributed by atoms with Crippen LogP contribution in [0.4, 0.5) is 5.69 Å². The molecule has 23 heavy (non-hydrogen) atoms. The number of aromatic hydroxyl groups is 1. The van der Waals surface area contributed by atoms with Crippen LogP contribution < -0.4 is 0 Å². The number of aldehydes is 1. The highest BCUT2D eigenvalue weighted by molar-refractivity contribution is 5.92. The quantitative estimate of drug-likeness (QED) is 0.393. The van der Waals surface area contributed by atoms with E-state index in [9.17, 15) is 24.8 Å². The van der Waals surface area contributed by atoms with Gasteiger partial charge in [0.05, 0.1) is 22.7 Å². The third kappa shape index (κ3) is 3.34. The Labute approximate surface area is 131 Å². The third-order valence-corrected chi connectivity index (χ3v) is 3.15. The van der Waals surface area contributed by atoms with Crippen molar-refractivity contribution >= 4 is 17.9 Å². The van der Waals surface area contributed by atoms with E-state index in [0.717, 1.165) is 6.07 Å². The summed E-state index contributed by atoms with van der Waals surface area (Å²) >= 11 is 0. The van der Waals surface area contributed by atoms with E-state index in [-0.39, 0.29) is 17.7 Å². The van der Waals surface area contributed by atoms with Gasteiger partial charge in [-0.05, 0) is 36.2 Å². The fourth-order valence-electron chi connectivity index (χ4n) is 2.08. The highest BCUT2D eigenvalue weighted by Crippen LogP contribution is 2.34. The average molecular weight is 315 g/mol. The second kappa shape index (κ2) is 6.69. The van der Waals surface area contributed by atoms with Crippen LogP contribution in [0.1, 0.15) is 27.6 Å². The topological polar surface area (TPSA) is 107 Å². The minimum atomic E-state index is -0.777. The summed E-state index contributed by atoms with van der Waals surface area (Å²) in [6, 6.07) is 8.75. The van der Waals surface area contributed by atoms with Gasteiger partial charge in [0.15, 0.2) is 6.29 Å². The number of carbonyl (C=O) groups excluding carboxylic acids is 2. The molecule has 2 rings (SSSR count). The van der Waals surface area contributed by atoms with Gasteiger partial charge in [0.25, 0.3) is 0 Å². The number of ether oxygens (including phenoxy) is 1. The van der Waals surface area contributed by atoms with E-state index < -0.39 is 22.3 Å². The molecule has 0 amide bonds. The Morgan fingerprint density at radius 1 is 1.30 bits per heavy atom. The van der Waals surface area contributed by atoms with Crippen molar-refractivity contribution in [2.75, 3.05) is 6.61 Å². The number of hydrogen-bond acceptors (Lipinski definition) is 6. The first kappa shape index (κ1) is 16.2. The molecule has 2 aromatic rings. The van der Waals surface area contributed by atoms with Gasteiger partial charge in [0.2, 0.25) is 5.75 Å². The van der Waals surface area contributed by atoms with Gasteiger partial charge < -0.3 is 9.84 Å². The van der Waals surface area contributed by atoms with Crippen LogP contribution in [0.5, 0.6) is 5.75 Å². The van der Waals surface area contributed by atoms with Crippen molar-refractivity contribution in [2.24, 2.45) is 0 Å². The van der Waals surface area contributed by atoms with E-state index in [1.807, 2.05) is 0 Å². The number of esters is 1. The summed E-state index contributed by atoms with van der Waals surface area (Å²) in [7, 11) is 0. The van der Waals surface area contributed by atoms with Crippen molar-refractivity contribution in [2.45, 2.75) is 6.92 Å². The molecule has 0 heterocycles. The number of rotatable bonds is 5. The molecule has 0 unspecified atom stereocenters. The first-order chi connectivity index (χ1) is 11.0. The van der Waals surface area contributed by atoms with Crippen LogP contribution >= 0.6 is 0 Å². The zero-order chi connectivity index (χ0) is 17.0. The van der Waals surface area contributed by atoms with Crippen LogP contribution in [0.25, 0.3) is 11.1 Å².